The van der Waals surface area contributed by atoms with Gasteiger partial charge in [-0.05, 0) is 17.7 Å². The Morgan fingerprint density at radius 1 is 1.50 bits per heavy atom. The second kappa shape index (κ2) is 6.37. The molecule has 1 amide bonds. The van der Waals surface area contributed by atoms with Crippen LogP contribution in [0.4, 0.5) is 0 Å². The second-order valence-electron chi connectivity index (χ2n) is 4.03. The lowest BCUT2D eigenvalue weighted by atomic mass is 10.1. The molecule has 0 heterocycles. The van der Waals surface area contributed by atoms with Crippen molar-refractivity contribution in [3.63, 3.8) is 0 Å². The summed E-state index contributed by atoms with van der Waals surface area (Å²) < 4.78 is 0. The quantitative estimate of drug-likeness (QED) is 0.839. The molecule has 0 aliphatic rings. The van der Waals surface area contributed by atoms with Gasteiger partial charge in [-0.3, -0.25) is 9.59 Å². The van der Waals surface area contributed by atoms with E-state index in [4.69, 9.17) is 22.4 Å². The third-order valence-corrected chi connectivity index (χ3v) is 2.63. The van der Waals surface area contributed by atoms with Gasteiger partial charge in [0.15, 0.2) is 0 Å². The molecule has 0 aromatic heterocycles. The topological polar surface area (TPSA) is 83.6 Å². The second-order valence-corrected chi connectivity index (χ2v) is 4.47. The fraction of sp³-hybridized carbons (Fsp3) is 0.333. The first-order chi connectivity index (χ1) is 8.40. The van der Waals surface area contributed by atoms with Gasteiger partial charge < -0.3 is 15.7 Å². The molecule has 1 aromatic carbocycles. The van der Waals surface area contributed by atoms with E-state index in [0.717, 1.165) is 5.56 Å². The van der Waals surface area contributed by atoms with Gasteiger partial charge in [0.1, 0.15) is 0 Å². The maximum atomic E-state index is 11.8. The number of likely N-dealkylation sites (N-methyl/N-ethyl adjacent to an activating group) is 1. The monoisotopic (exact) mass is 270 g/mol. The minimum absolute atomic E-state index is 0.340. The third kappa shape index (κ3) is 4.35. The average molecular weight is 271 g/mol. The molecule has 5 nitrogen and oxygen atoms in total. The highest BCUT2D eigenvalue weighted by Gasteiger charge is 2.20. The lowest BCUT2D eigenvalue weighted by molar-refractivity contribution is -0.141. The summed E-state index contributed by atoms with van der Waals surface area (Å²) >= 11 is 5.83. The first-order valence-corrected chi connectivity index (χ1v) is 5.74. The normalized spacial score (nSPS) is 11.9. The molecule has 0 saturated heterocycles. The molecule has 18 heavy (non-hydrogen) atoms. The molecular weight excluding hydrogens is 256 g/mol. The molecule has 3 N–H and O–H groups in total. The number of carbonyl (C=O) groups excluding carboxylic acids is 1. The van der Waals surface area contributed by atoms with E-state index in [1.807, 2.05) is 6.07 Å². The molecule has 98 valence electrons. The van der Waals surface area contributed by atoms with Crippen LogP contribution in [0.1, 0.15) is 12.0 Å². The van der Waals surface area contributed by atoms with E-state index in [-0.39, 0.29) is 6.42 Å². The zero-order valence-electron chi connectivity index (χ0n) is 9.97. The number of aliphatic carboxylic acids is 1. The maximum absolute atomic E-state index is 11.8. The minimum Gasteiger partial charge on any atom is -0.481 e. The van der Waals surface area contributed by atoms with Crippen molar-refractivity contribution in [3.05, 3.63) is 34.9 Å². The molecule has 0 radical (unpaired) electrons. The van der Waals surface area contributed by atoms with Gasteiger partial charge in [0, 0.05) is 18.6 Å². The molecular formula is C12H15ClN2O3. The molecule has 0 aliphatic heterocycles. The number of carboxylic acid groups (broad SMARTS) is 1. The highest BCUT2D eigenvalue weighted by atomic mass is 35.5. The standard InChI is InChI=1S/C12H15ClN2O3/c1-15(12(18)10(14)6-11(16)17)7-8-3-2-4-9(13)5-8/h2-5,10H,6-7,14H2,1H3,(H,16,17). The highest BCUT2D eigenvalue weighted by Crippen LogP contribution is 2.12. The third-order valence-electron chi connectivity index (χ3n) is 2.40. The van der Waals surface area contributed by atoms with Crippen molar-refractivity contribution >= 4 is 23.5 Å². The van der Waals surface area contributed by atoms with Crippen LogP contribution in [-0.2, 0) is 16.1 Å². The number of hydrogen-bond acceptors (Lipinski definition) is 3. The number of nitrogens with zero attached hydrogens (tertiary/aromatic N) is 1. The van der Waals surface area contributed by atoms with Crippen LogP contribution >= 0.6 is 11.6 Å². The van der Waals surface area contributed by atoms with Crippen LogP contribution in [0.25, 0.3) is 0 Å². The van der Waals surface area contributed by atoms with Crippen LogP contribution in [0.5, 0.6) is 0 Å². The van der Waals surface area contributed by atoms with E-state index < -0.39 is 17.9 Å². The molecule has 0 fully saturated rings. The van der Waals surface area contributed by atoms with Gasteiger partial charge in [0.2, 0.25) is 5.91 Å². The van der Waals surface area contributed by atoms with Gasteiger partial charge in [0.05, 0.1) is 12.5 Å². The number of nitrogens with two attached hydrogens (primary N) is 1. The molecule has 1 aromatic rings. The molecule has 1 unspecified atom stereocenters. The van der Waals surface area contributed by atoms with E-state index >= 15 is 0 Å². The molecule has 1 rings (SSSR count). The van der Waals surface area contributed by atoms with Crippen LogP contribution in [0.3, 0.4) is 0 Å². The Morgan fingerprint density at radius 3 is 2.72 bits per heavy atom. The zero-order valence-corrected chi connectivity index (χ0v) is 10.7. The van der Waals surface area contributed by atoms with Crippen LogP contribution in [0.2, 0.25) is 5.02 Å². The van der Waals surface area contributed by atoms with Crippen LogP contribution in [0, 0.1) is 0 Å². The van der Waals surface area contributed by atoms with Gasteiger partial charge in [0.25, 0.3) is 0 Å². The van der Waals surface area contributed by atoms with Crippen molar-refractivity contribution in [2.45, 2.75) is 19.0 Å². The molecule has 0 bridgehead atoms. The van der Waals surface area contributed by atoms with E-state index in [1.165, 1.54) is 4.90 Å². The number of halogens is 1. The summed E-state index contributed by atoms with van der Waals surface area (Å²) in [6.45, 7) is 0.340. The Labute approximate surface area is 110 Å². The first kappa shape index (κ1) is 14.5. The zero-order chi connectivity index (χ0) is 13.7. The number of benzene rings is 1. The van der Waals surface area contributed by atoms with Crippen molar-refractivity contribution in [2.24, 2.45) is 5.73 Å². The summed E-state index contributed by atoms with van der Waals surface area (Å²) in [4.78, 5) is 23.6. The molecule has 0 aliphatic carbocycles. The summed E-state index contributed by atoms with van der Waals surface area (Å²) in [7, 11) is 1.57. The van der Waals surface area contributed by atoms with Crippen molar-refractivity contribution < 1.29 is 14.7 Å². The van der Waals surface area contributed by atoms with E-state index in [0.29, 0.717) is 11.6 Å². The highest BCUT2D eigenvalue weighted by molar-refractivity contribution is 6.30. The predicted molar refractivity (Wildman–Crippen MR) is 68.2 cm³/mol. The SMILES string of the molecule is CN(Cc1cccc(Cl)c1)C(=O)C(N)CC(=O)O. The Kier molecular flexibility index (Phi) is 5.12. The lowest BCUT2D eigenvalue weighted by Crippen LogP contribution is -2.42. The first-order valence-electron chi connectivity index (χ1n) is 5.37. The predicted octanol–water partition coefficient (Wildman–Crippen LogP) is 1.10. The van der Waals surface area contributed by atoms with Crippen LogP contribution in [-0.4, -0.2) is 35.0 Å². The maximum Gasteiger partial charge on any atom is 0.305 e. The lowest BCUT2D eigenvalue weighted by Gasteiger charge is -2.20. The fourth-order valence-corrected chi connectivity index (χ4v) is 1.76. The number of amides is 1. The Balaban J connectivity index is 2.62. The van der Waals surface area contributed by atoms with E-state index in [1.54, 1.807) is 25.2 Å². The average Bonchev–Trinajstić information content (AvgIpc) is 2.27. The summed E-state index contributed by atoms with van der Waals surface area (Å²) in [5, 5.41) is 9.16. The summed E-state index contributed by atoms with van der Waals surface area (Å²) in [5.41, 5.74) is 6.37. The van der Waals surface area contributed by atoms with Gasteiger partial charge in [-0.1, -0.05) is 23.7 Å². The Bertz CT molecular complexity index is 451. The Morgan fingerprint density at radius 2 is 2.17 bits per heavy atom. The van der Waals surface area contributed by atoms with Crippen LogP contribution < -0.4 is 5.73 Å². The minimum atomic E-state index is -1.09. The van der Waals surface area contributed by atoms with E-state index in [9.17, 15) is 9.59 Å². The summed E-state index contributed by atoms with van der Waals surface area (Å²) in [6, 6.07) is 6.08. The Hall–Kier alpha value is -1.59. The largest absolute Gasteiger partial charge is 0.481 e. The van der Waals surface area contributed by atoms with Gasteiger partial charge in [-0.15, -0.1) is 0 Å². The number of hydrogen-bond donors (Lipinski definition) is 2. The van der Waals surface area contributed by atoms with Gasteiger partial charge in [-0.25, -0.2) is 0 Å². The number of carbonyl (C=O) groups is 2. The molecule has 6 heteroatoms. The van der Waals surface area contributed by atoms with E-state index in [2.05, 4.69) is 0 Å². The molecule has 1 atom stereocenters. The smallest absolute Gasteiger partial charge is 0.305 e. The van der Waals surface area contributed by atoms with Crippen molar-refractivity contribution in [3.8, 4) is 0 Å². The van der Waals surface area contributed by atoms with Crippen molar-refractivity contribution in [2.75, 3.05) is 7.05 Å². The van der Waals surface area contributed by atoms with Crippen molar-refractivity contribution in [1.82, 2.24) is 4.90 Å². The number of carboxylic acids is 1. The molecule has 0 saturated carbocycles. The number of rotatable bonds is 5. The molecule has 0 spiro atoms. The summed E-state index contributed by atoms with van der Waals surface area (Å²) in [6.07, 6.45) is -0.376. The van der Waals surface area contributed by atoms with Crippen LogP contribution in [0.15, 0.2) is 24.3 Å². The van der Waals surface area contributed by atoms with Crippen molar-refractivity contribution in [1.29, 1.82) is 0 Å². The van der Waals surface area contributed by atoms with Gasteiger partial charge in [-0.2, -0.15) is 0 Å². The fourth-order valence-electron chi connectivity index (χ4n) is 1.55. The summed E-state index contributed by atoms with van der Waals surface area (Å²) in [5.74, 6) is -1.50. The van der Waals surface area contributed by atoms with Gasteiger partial charge >= 0.3 is 5.97 Å².